The molecule has 0 radical (unpaired) electrons. The molecule has 1 saturated heterocycles. The lowest BCUT2D eigenvalue weighted by molar-refractivity contribution is 0.117. The van der Waals surface area contributed by atoms with Gasteiger partial charge in [0.25, 0.3) is 0 Å². The van der Waals surface area contributed by atoms with Crippen LogP contribution < -0.4 is 10.1 Å². The second-order valence-electron chi connectivity index (χ2n) is 6.06. The van der Waals surface area contributed by atoms with E-state index in [0.29, 0.717) is 12.6 Å². The smallest absolute Gasteiger partial charge is 0.148 e. The third-order valence-corrected chi connectivity index (χ3v) is 4.74. The molecule has 0 aromatic heterocycles. The number of hydrogen-bond donors (Lipinski definition) is 1. The fourth-order valence-electron chi connectivity index (χ4n) is 2.75. The third kappa shape index (κ3) is 5.82. The standard InChI is InChI=1S/C18H26BrN3O/c1-4-11-23-18-6-5-17(19)12-16(18)14-20-13-15(2)22-9-7-21(3)8-10-22/h1,5-6,12,15,20H,7-11,13-14H2,2-3H3. The van der Waals surface area contributed by atoms with Crippen molar-refractivity contribution < 1.29 is 4.74 Å². The van der Waals surface area contributed by atoms with Crippen LogP contribution in [0, 0.1) is 12.3 Å². The number of ether oxygens (including phenoxy) is 1. The maximum atomic E-state index is 5.61. The summed E-state index contributed by atoms with van der Waals surface area (Å²) in [6.45, 7) is 8.92. The Bertz CT molecular complexity index is 536. The predicted octanol–water partition coefficient (Wildman–Crippen LogP) is 2.19. The Kier molecular flexibility index (Phi) is 7.38. The second kappa shape index (κ2) is 9.29. The average molecular weight is 380 g/mol. The SMILES string of the molecule is C#CCOc1ccc(Br)cc1CNCC(C)N1CCN(C)CC1. The van der Waals surface area contributed by atoms with Crippen LogP contribution in [-0.4, -0.2) is 62.2 Å². The van der Waals surface area contributed by atoms with E-state index < -0.39 is 0 Å². The first-order chi connectivity index (χ1) is 11.1. The minimum Gasteiger partial charge on any atom is -0.481 e. The van der Waals surface area contributed by atoms with Gasteiger partial charge in [-0.2, -0.15) is 0 Å². The van der Waals surface area contributed by atoms with Gasteiger partial charge in [0.2, 0.25) is 0 Å². The fraction of sp³-hybridized carbons (Fsp3) is 0.556. The third-order valence-electron chi connectivity index (χ3n) is 4.25. The molecule has 0 bridgehead atoms. The second-order valence-corrected chi connectivity index (χ2v) is 6.98. The average Bonchev–Trinajstić information content (AvgIpc) is 2.54. The van der Waals surface area contributed by atoms with Gasteiger partial charge in [0, 0.05) is 55.3 Å². The number of benzene rings is 1. The molecule has 1 heterocycles. The van der Waals surface area contributed by atoms with Crippen molar-refractivity contribution >= 4 is 15.9 Å². The van der Waals surface area contributed by atoms with E-state index in [0.717, 1.165) is 55.1 Å². The van der Waals surface area contributed by atoms with Crippen molar-refractivity contribution in [2.45, 2.75) is 19.5 Å². The first-order valence-corrected chi connectivity index (χ1v) is 8.87. The molecule has 0 amide bonds. The predicted molar refractivity (Wildman–Crippen MR) is 98.7 cm³/mol. The lowest BCUT2D eigenvalue weighted by Gasteiger charge is -2.36. The summed E-state index contributed by atoms with van der Waals surface area (Å²) in [6, 6.07) is 6.55. The number of nitrogens with one attached hydrogen (secondary N) is 1. The minimum absolute atomic E-state index is 0.298. The van der Waals surface area contributed by atoms with Gasteiger partial charge in [-0.05, 0) is 32.2 Å². The lowest BCUT2D eigenvalue weighted by Crippen LogP contribution is -2.50. The summed E-state index contributed by atoms with van der Waals surface area (Å²) < 4.78 is 6.66. The molecule has 2 rings (SSSR count). The zero-order chi connectivity index (χ0) is 16.7. The number of piperazine rings is 1. The van der Waals surface area contributed by atoms with Gasteiger partial charge in [0.05, 0.1) is 0 Å². The Labute approximate surface area is 148 Å². The van der Waals surface area contributed by atoms with Gasteiger partial charge in [-0.25, -0.2) is 0 Å². The number of nitrogens with zero attached hydrogens (tertiary/aromatic N) is 2. The quantitative estimate of drug-likeness (QED) is 0.734. The zero-order valence-electron chi connectivity index (χ0n) is 14.0. The van der Waals surface area contributed by atoms with E-state index in [1.807, 2.05) is 12.1 Å². The monoisotopic (exact) mass is 379 g/mol. The van der Waals surface area contributed by atoms with Gasteiger partial charge in [0.1, 0.15) is 12.4 Å². The zero-order valence-corrected chi connectivity index (χ0v) is 15.6. The summed E-state index contributed by atoms with van der Waals surface area (Å²) in [5, 5.41) is 3.55. The molecule has 5 heteroatoms. The summed E-state index contributed by atoms with van der Waals surface area (Å²) in [5.74, 6) is 3.37. The highest BCUT2D eigenvalue weighted by Gasteiger charge is 2.18. The molecular weight excluding hydrogens is 354 g/mol. The molecule has 0 saturated carbocycles. The van der Waals surface area contributed by atoms with Gasteiger partial charge in [0.15, 0.2) is 0 Å². The molecular formula is C18H26BrN3O. The van der Waals surface area contributed by atoms with Crippen LogP contribution in [-0.2, 0) is 6.54 Å². The maximum Gasteiger partial charge on any atom is 0.148 e. The minimum atomic E-state index is 0.298. The van der Waals surface area contributed by atoms with Crippen LogP contribution in [0.3, 0.4) is 0 Å². The van der Waals surface area contributed by atoms with E-state index in [-0.39, 0.29) is 0 Å². The Morgan fingerprint density at radius 2 is 2.09 bits per heavy atom. The molecule has 1 N–H and O–H groups in total. The van der Waals surface area contributed by atoms with E-state index in [1.54, 1.807) is 0 Å². The van der Waals surface area contributed by atoms with Gasteiger partial charge >= 0.3 is 0 Å². The lowest BCUT2D eigenvalue weighted by atomic mass is 10.2. The van der Waals surface area contributed by atoms with Crippen LogP contribution in [0.25, 0.3) is 0 Å². The number of halogens is 1. The van der Waals surface area contributed by atoms with Gasteiger partial charge in [-0.15, -0.1) is 6.42 Å². The van der Waals surface area contributed by atoms with Crippen LogP contribution in [0.15, 0.2) is 22.7 Å². The van der Waals surface area contributed by atoms with E-state index in [4.69, 9.17) is 11.2 Å². The molecule has 4 nitrogen and oxygen atoms in total. The molecule has 0 aliphatic carbocycles. The van der Waals surface area contributed by atoms with Crippen molar-refractivity contribution in [1.29, 1.82) is 0 Å². The highest BCUT2D eigenvalue weighted by molar-refractivity contribution is 9.10. The molecule has 1 aromatic carbocycles. The summed E-state index contributed by atoms with van der Waals surface area (Å²) in [5.41, 5.74) is 1.13. The normalized spacial score (nSPS) is 17.7. The summed E-state index contributed by atoms with van der Waals surface area (Å²) in [7, 11) is 2.19. The van der Waals surface area contributed by atoms with Gasteiger partial charge < -0.3 is 15.0 Å². The van der Waals surface area contributed by atoms with Crippen LogP contribution in [0.5, 0.6) is 5.75 Å². The molecule has 1 aliphatic heterocycles. The van der Waals surface area contributed by atoms with Crippen molar-refractivity contribution in [3.63, 3.8) is 0 Å². The number of likely N-dealkylation sites (N-methyl/N-ethyl adjacent to an activating group) is 1. The Balaban J connectivity index is 1.83. The van der Waals surface area contributed by atoms with Crippen molar-refractivity contribution in [1.82, 2.24) is 15.1 Å². The fourth-order valence-corrected chi connectivity index (χ4v) is 3.16. The largest absolute Gasteiger partial charge is 0.481 e. The van der Waals surface area contributed by atoms with E-state index in [9.17, 15) is 0 Å². The van der Waals surface area contributed by atoms with E-state index in [2.05, 4.69) is 57.0 Å². The highest BCUT2D eigenvalue weighted by Crippen LogP contribution is 2.23. The first kappa shape index (κ1) is 18.3. The Morgan fingerprint density at radius 3 is 2.78 bits per heavy atom. The summed E-state index contributed by atoms with van der Waals surface area (Å²) in [6.07, 6.45) is 5.28. The Morgan fingerprint density at radius 1 is 1.35 bits per heavy atom. The van der Waals surface area contributed by atoms with Crippen molar-refractivity contribution in [2.75, 3.05) is 46.4 Å². The van der Waals surface area contributed by atoms with Crippen molar-refractivity contribution in [3.05, 3.63) is 28.2 Å². The molecule has 126 valence electrons. The van der Waals surface area contributed by atoms with Crippen molar-refractivity contribution in [3.8, 4) is 18.1 Å². The number of terminal acetylenes is 1. The van der Waals surface area contributed by atoms with E-state index in [1.165, 1.54) is 0 Å². The van der Waals surface area contributed by atoms with Crippen LogP contribution >= 0.6 is 15.9 Å². The summed E-state index contributed by atoms with van der Waals surface area (Å²) in [4.78, 5) is 4.93. The van der Waals surface area contributed by atoms with Gasteiger partial charge in [-0.3, -0.25) is 4.90 Å². The topological polar surface area (TPSA) is 27.7 Å². The molecule has 0 spiro atoms. The van der Waals surface area contributed by atoms with Gasteiger partial charge in [-0.1, -0.05) is 21.9 Å². The molecule has 1 aromatic rings. The van der Waals surface area contributed by atoms with Crippen molar-refractivity contribution in [2.24, 2.45) is 0 Å². The Hall–Kier alpha value is -1.06. The molecule has 1 aliphatic rings. The maximum absolute atomic E-state index is 5.61. The highest BCUT2D eigenvalue weighted by atomic mass is 79.9. The number of rotatable bonds is 7. The molecule has 1 fully saturated rings. The number of hydrogen-bond acceptors (Lipinski definition) is 4. The van der Waals surface area contributed by atoms with Crippen LogP contribution in [0.2, 0.25) is 0 Å². The molecule has 1 unspecified atom stereocenters. The van der Waals surface area contributed by atoms with Crippen LogP contribution in [0.1, 0.15) is 12.5 Å². The van der Waals surface area contributed by atoms with Crippen LogP contribution in [0.4, 0.5) is 0 Å². The summed E-state index contributed by atoms with van der Waals surface area (Å²) >= 11 is 3.52. The molecule has 23 heavy (non-hydrogen) atoms. The van der Waals surface area contributed by atoms with E-state index >= 15 is 0 Å². The first-order valence-electron chi connectivity index (χ1n) is 8.08. The molecule has 1 atom stereocenters.